The number of carbonyl (C=O) groups excluding carboxylic acids is 1. The Morgan fingerprint density at radius 2 is 1.68 bits per heavy atom. The van der Waals surface area contributed by atoms with Gasteiger partial charge >= 0.3 is 0 Å². The van der Waals surface area contributed by atoms with Crippen LogP contribution in [-0.2, 0) is 43.9 Å². The van der Waals surface area contributed by atoms with Gasteiger partial charge in [0.1, 0.15) is 11.7 Å². The smallest absolute Gasteiger partial charge is 0.241 e. The van der Waals surface area contributed by atoms with E-state index in [-0.39, 0.29) is 43.5 Å². The first-order valence-electron chi connectivity index (χ1n) is 13.8. The van der Waals surface area contributed by atoms with E-state index in [1.54, 1.807) is 15.8 Å². The summed E-state index contributed by atoms with van der Waals surface area (Å²) in [5, 5.41) is 8.43. The number of amides is 1. The van der Waals surface area contributed by atoms with Gasteiger partial charge in [-0.05, 0) is 29.0 Å². The normalized spacial score (nSPS) is 20.6. The minimum Gasteiger partial charge on any atom is -0.353 e. The molecule has 0 bridgehead atoms. The van der Waals surface area contributed by atoms with Crippen LogP contribution in [0.15, 0.2) is 60.8 Å². The fourth-order valence-electron chi connectivity index (χ4n) is 5.18. The molecule has 0 saturated carbocycles. The number of ether oxygens (including phenoxy) is 2. The lowest BCUT2D eigenvalue weighted by atomic mass is 10.0. The SMILES string of the molecule is CC(C)C1C(=O)N(Cc2cn(CCC3OCCCO3)nn2)CCS(=O)(=O)N1Cc1ccc(-c2ccccc2)cc1. The van der Waals surface area contributed by atoms with Gasteiger partial charge in [0.15, 0.2) is 6.29 Å². The molecule has 1 aromatic heterocycles. The summed E-state index contributed by atoms with van der Waals surface area (Å²) >= 11 is 0. The van der Waals surface area contributed by atoms with Crippen LogP contribution in [0.5, 0.6) is 0 Å². The summed E-state index contributed by atoms with van der Waals surface area (Å²) in [6, 6.07) is 17.1. The zero-order valence-corrected chi connectivity index (χ0v) is 23.9. The third-order valence-corrected chi connectivity index (χ3v) is 9.08. The van der Waals surface area contributed by atoms with Gasteiger partial charge in [0.2, 0.25) is 15.9 Å². The molecule has 0 N–H and O–H groups in total. The number of carbonyl (C=O) groups is 1. The monoisotopic (exact) mass is 567 g/mol. The van der Waals surface area contributed by atoms with E-state index in [4.69, 9.17) is 9.47 Å². The second-order valence-corrected chi connectivity index (χ2v) is 12.7. The largest absolute Gasteiger partial charge is 0.353 e. The van der Waals surface area contributed by atoms with Gasteiger partial charge in [-0.3, -0.25) is 9.48 Å². The summed E-state index contributed by atoms with van der Waals surface area (Å²) in [7, 11) is -3.69. The predicted molar refractivity (Wildman–Crippen MR) is 150 cm³/mol. The highest BCUT2D eigenvalue weighted by Crippen LogP contribution is 2.26. The van der Waals surface area contributed by atoms with E-state index < -0.39 is 16.1 Å². The van der Waals surface area contributed by atoms with Gasteiger partial charge in [0, 0.05) is 26.1 Å². The maximum atomic E-state index is 13.8. The molecule has 2 aliphatic rings. The maximum absolute atomic E-state index is 13.8. The van der Waals surface area contributed by atoms with E-state index in [9.17, 15) is 13.2 Å². The minimum atomic E-state index is -3.69. The first-order valence-corrected chi connectivity index (χ1v) is 15.5. The lowest BCUT2D eigenvalue weighted by Gasteiger charge is -2.32. The molecule has 2 saturated heterocycles. The van der Waals surface area contributed by atoms with Crippen molar-refractivity contribution >= 4 is 15.9 Å². The number of nitrogens with zero attached hydrogens (tertiary/aromatic N) is 5. The summed E-state index contributed by atoms with van der Waals surface area (Å²) in [5.74, 6) is -0.567. The van der Waals surface area contributed by atoms with Crippen LogP contribution in [0.25, 0.3) is 11.1 Å². The molecule has 10 nitrogen and oxygen atoms in total. The number of rotatable bonds is 9. The van der Waals surface area contributed by atoms with Crippen molar-refractivity contribution in [3.63, 3.8) is 0 Å². The second-order valence-electron chi connectivity index (χ2n) is 10.7. The van der Waals surface area contributed by atoms with Crippen LogP contribution < -0.4 is 0 Å². The van der Waals surface area contributed by atoms with Crippen molar-refractivity contribution < 1.29 is 22.7 Å². The van der Waals surface area contributed by atoms with Crippen molar-refractivity contribution in [3.05, 3.63) is 72.1 Å². The molecule has 1 atom stereocenters. The summed E-state index contributed by atoms with van der Waals surface area (Å²) in [6.07, 6.45) is 3.11. The van der Waals surface area contributed by atoms with Crippen LogP contribution in [0.2, 0.25) is 0 Å². The fourth-order valence-corrected chi connectivity index (χ4v) is 6.89. The van der Waals surface area contributed by atoms with Crippen molar-refractivity contribution in [1.29, 1.82) is 0 Å². The Labute approximate surface area is 235 Å². The zero-order valence-electron chi connectivity index (χ0n) is 23.1. The molecule has 1 amide bonds. The Balaban J connectivity index is 1.28. The number of benzene rings is 2. The van der Waals surface area contributed by atoms with E-state index in [0.717, 1.165) is 23.1 Å². The Morgan fingerprint density at radius 3 is 2.38 bits per heavy atom. The summed E-state index contributed by atoms with van der Waals surface area (Å²) < 4.78 is 41.2. The molecule has 3 heterocycles. The van der Waals surface area contributed by atoms with Crippen molar-refractivity contribution in [2.24, 2.45) is 5.92 Å². The van der Waals surface area contributed by atoms with Crippen LogP contribution in [-0.4, -0.2) is 76.4 Å². The van der Waals surface area contributed by atoms with Crippen LogP contribution in [0, 0.1) is 5.92 Å². The van der Waals surface area contributed by atoms with Crippen molar-refractivity contribution in [2.45, 2.75) is 58.7 Å². The third kappa shape index (κ3) is 6.77. The fraction of sp³-hybridized carbons (Fsp3) is 0.483. The zero-order chi connectivity index (χ0) is 28.1. The van der Waals surface area contributed by atoms with Crippen LogP contribution in [0.3, 0.4) is 0 Å². The summed E-state index contributed by atoms with van der Waals surface area (Å²) in [6.45, 7) is 6.18. The highest BCUT2D eigenvalue weighted by atomic mass is 32.2. The molecule has 0 radical (unpaired) electrons. The lowest BCUT2D eigenvalue weighted by molar-refractivity contribution is -0.182. The van der Waals surface area contributed by atoms with Crippen molar-refractivity contribution in [2.75, 3.05) is 25.5 Å². The van der Waals surface area contributed by atoms with Gasteiger partial charge in [-0.2, -0.15) is 4.31 Å². The number of hydrogen-bond acceptors (Lipinski definition) is 7. The van der Waals surface area contributed by atoms with Gasteiger partial charge in [-0.25, -0.2) is 8.42 Å². The summed E-state index contributed by atoms with van der Waals surface area (Å²) in [4.78, 5) is 15.4. The molecular weight excluding hydrogens is 530 g/mol. The Hall–Kier alpha value is -3.12. The first kappa shape index (κ1) is 28.4. The third-order valence-electron chi connectivity index (χ3n) is 7.31. The molecule has 40 heavy (non-hydrogen) atoms. The quantitative estimate of drug-likeness (QED) is 0.391. The molecule has 0 spiro atoms. The molecule has 1 unspecified atom stereocenters. The van der Waals surface area contributed by atoms with E-state index in [2.05, 4.69) is 10.3 Å². The van der Waals surface area contributed by atoms with Crippen molar-refractivity contribution in [3.8, 4) is 11.1 Å². The molecule has 2 fully saturated rings. The second kappa shape index (κ2) is 12.6. The summed E-state index contributed by atoms with van der Waals surface area (Å²) in [5.41, 5.74) is 3.60. The van der Waals surface area contributed by atoms with Crippen molar-refractivity contribution in [1.82, 2.24) is 24.2 Å². The van der Waals surface area contributed by atoms with E-state index >= 15 is 0 Å². The standard InChI is InChI=1S/C29H37N5O5S/c1-22(2)28-29(35)32(20-26-21-33(31-30-26)14-13-27-38-16-6-17-39-27)15-18-40(36,37)34(28)19-23-9-11-25(12-10-23)24-7-4-3-5-8-24/h3-5,7-12,21-22,27-28H,6,13-20H2,1-2H3. The van der Waals surface area contributed by atoms with Gasteiger partial charge in [-0.15, -0.1) is 5.10 Å². The predicted octanol–water partition coefficient (Wildman–Crippen LogP) is 3.30. The number of aromatic nitrogens is 3. The molecule has 0 aliphatic carbocycles. The van der Waals surface area contributed by atoms with Gasteiger partial charge < -0.3 is 14.4 Å². The number of sulfonamides is 1. The number of aryl methyl sites for hydroxylation is 1. The average molecular weight is 568 g/mol. The van der Waals surface area contributed by atoms with Crippen LogP contribution in [0.4, 0.5) is 0 Å². The molecule has 2 aliphatic heterocycles. The highest BCUT2D eigenvalue weighted by Gasteiger charge is 2.42. The van der Waals surface area contributed by atoms with E-state index in [0.29, 0.717) is 31.9 Å². The molecule has 5 rings (SSSR count). The number of hydrogen-bond donors (Lipinski definition) is 0. The van der Waals surface area contributed by atoms with Crippen LogP contribution >= 0.6 is 0 Å². The lowest BCUT2D eigenvalue weighted by Crippen LogP contribution is -2.49. The molecule has 2 aromatic carbocycles. The highest BCUT2D eigenvalue weighted by molar-refractivity contribution is 7.89. The molecule has 3 aromatic rings. The van der Waals surface area contributed by atoms with E-state index in [1.165, 1.54) is 4.31 Å². The molecule has 214 valence electrons. The molecular formula is C29H37N5O5S. The average Bonchev–Trinajstić information content (AvgIpc) is 3.39. The Morgan fingerprint density at radius 1 is 0.975 bits per heavy atom. The van der Waals surface area contributed by atoms with Gasteiger partial charge in [-0.1, -0.05) is 73.7 Å². The van der Waals surface area contributed by atoms with Gasteiger partial charge in [0.25, 0.3) is 0 Å². The van der Waals surface area contributed by atoms with Crippen LogP contribution in [0.1, 0.15) is 37.9 Å². The Bertz CT molecular complexity index is 1370. The first-order chi connectivity index (χ1) is 19.3. The minimum absolute atomic E-state index is 0.102. The van der Waals surface area contributed by atoms with E-state index in [1.807, 2.05) is 68.4 Å². The van der Waals surface area contributed by atoms with Gasteiger partial charge in [0.05, 0.1) is 31.7 Å². The Kier molecular flexibility index (Phi) is 8.94. The maximum Gasteiger partial charge on any atom is 0.241 e. The molecule has 11 heteroatoms. The topological polar surface area (TPSA) is 107 Å².